The fourth-order valence-electron chi connectivity index (χ4n) is 2.34. The molecule has 0 fully saturated rings. The Balaban J connectivity index is 1.63. The number of ether oxygens (including phenoxy) is 2. The van der Waals surface area contributed by atoms with E-state index in [-0.39, 0.29) is 12.6 Å². The van der Waals surface area contributed by atoms with Crippen LogP contribution in [0, 0.1) is 0 Å². The fraction of sp³-hybridized carbons (Fsp3) is 0.467. The zero-order valence-electron chi connectivity index (χ0n) is 12.3. The molecule has 2 aromatic rings. The molecule has 21 heavy (non-hydrogen) atoms. The van der Waals surface area contributed by atoms with Gasteiger partial charge in [0.15, 0.2) is 12.4 Å². The van der Waals surface area contributed by atoms with Crippen LogP contribution in [0.1, 0.15) is 36.7 Å². The maximum Gasteiger partial charge on any atom is 0.264 e. The van der Waals surface area contributed by atoms with Crippen LogP contribution >= 0.6 is 0 Å². The molecular formula is C15H19N3O3. The van der Waals surface area contributed by atoms with E-state index >= 15 is 0 Å². The molecule has 1 aliphatic rings. The number of benzene rings is 1. The second kappa shape index (κ2) is 6.13. The molecule has 0 bridgehead atoms. The highest BCUT2D eigenvalue weighted by Crippen LogP contribution is 2.35. The Morgan fingerprint density at radius 1 is 1.43 bits per heavy atom. The maximum atomic E-state index is 5.68. The highest BCUT2D eigenvalue weighted by Gasteiger charge is 2.22. The summed E-state index contributed by atoms with van der Waals surface area (Å²) in [5.41, 5.74) is 1.16. The van der Waals surface area contributed by atoms with Gasteiger partial charge in [-0.3, -0.25) is 0 Å². The van der Waals surface area contributed by atoms with Crippen LogP contribution in [-0.4, -0.2) is 23.8 Å². The lowest BCUT2D eigenvalue weighted by Gasteiger charge is -2.07. The Labute approximate surface area is 123 Å². The minimum Gasteiger partial charge on any atom is -0.491 e. The lowest BCUT2D eigenvalue weighted by atomic mass is 10.1. The van der Waals surface area contributed by atoms with E-state index in [1.165, 1.54) is 0 Å². The predicted octanol–water partition coefficient (Wildman–Crippen LogP) is 2.25. The minimum atomic E-state index is 0.251. The fourth-order valence-corrected chi connectivity index (χ4v) is 2.34. The summed E-state index contributed by atoms with van der Waals surface area (Å²) in [6, 6.07) is 6.10. The monoisotopic (exact) mass is 289 g/mol. The van der Waals surface area contributed by atoms with Crippen molar-refractivity contribution in [3.8, 4) is 11.5 Å². The van der Waals surface area contributed by atoms with E-state index in [2.05, 4.69) is 22.4 Å². The van der Waals surface area contributed by atoms with E-state index in [1.807, 2.05) is 25.2 Å². The molecule has 1 aliphatic heterocycles. The zero-order valence-corrected chi connectivity index (χ0v) is 12.3. The third-order valence-electron chi connectivity index (χ3n) is 3.46. The lowest BCUT2D eigenvalue weighted by molar-refractivity contribution is 0.241. The Bertz CT molecular complexity index is 612. The number of hydrogen-bond acceptors (Lipinski definition) is 6. The van der Waals surface area contributed by atoms with Crippen molar-refractivity contribution in [2.24, 2.45) is 0 Å². The molecule has 0 radical (unpaired) electrons. The van der Waals surface area contributed by atoms with Crippen molar-refractivity contribution in [2.45, 2.75) is 32.4 Å². The topological polar surface area (TPSA) is 69.4 Å². The van der Waals surface area contributed by atoms with E-state index < -0.39 is 0 Å². The van der Waals surface area contributed by atoms with Crippen LogP contribution in [0.4, 0.5) is 0 Å². The third kappa shape index (κ3) is 3.00. The number of nitrogens with one attached hydrogen (secondary N) is 1. The first-order chi connectivity index (χ1) is 10.3. The van der Waals surface area contributed by atoms with Crippen LogP contribution in [0.15, 0.2) is 22.7 Å². The summed E-state index contributed by atoms with van der Waals surface area (Å²) in [6.45, 7) is 3.00. The lowest BCUT2D eigenvalue weighted by Crippen LogP contribution is -2.17. The number of fused-ring (bicyclic) bond motifs is 1. The quantitative estimate of drug-likeness (QED) is 0.879. The Morgan fingerprint density at radius 3 is 3.14 bits per heavy atom. The van der Waals surface area contributed by atoms with Gasteiger partial charge in [-0.2, -0.15) is 4.98 Å². The zero-order chi connectivity index (χ0) is 14.7. The molecule has 0 spiro atoms. The Morgan fingerprint density at radius 2 is 2.33 bits per heavy atom. The van der Waals surface area contributed by atoms with Gasteiger partial charge >= 0.3 is 0 Å². The number of hydrogen-bond donors (Lipinski definition) is 1. The van der Waals surface area contributed by atoms with Crippen molar-refractivity contribution in [3.05, 3.63) is 35.5 Å². The molecule has 1 atom stereocenters. The summed E-state index contributed by atoms with van der Waals surface area (Å²) in [6.07, 6.45) is 1.82. The van der Waals surface area contributed by atoms with Crippen LogP contribution in [0.25, 0.3) is 0 Å². The van der Waals surface area contributed by atoms with Gasteiger partial charge in [-0.1, -0.05) is 12.1 Å². The summed E-state index contributed by atoms with van der Waals surface area (Å²) in [4.78, 5) is 4.27. The van der Waals surface area contributed by atoms with Gasteiger partial charge in [-0.25, -0.2) is 0 Å². The van der Waals surface area contributed by atoms with Gasteiger partial charge in [0.05, 0.1) is 6.04 Å². The molecule has 2 heterocycles. The van der Waals surface area contributed by atoms with Gasteiger partial charge in [0.1, 0.15) is 18.1 Å². The van der Waals surface area contributed by atoms with E-state index in [1.54, 1.807) is 0 Å². The molecule has 6 nitrogen and oxygen atoms in total. The first-order valence-corrected chi connectivity index (χ1v) is 7.18. The van der Waals surface area contributed by atoms with Crippen LogP contribution < -0.4 is 14.8 Å². The molecule has 0 aliphatic carbocycles. The summed E-state index contributed by atoms with van der Waals surface area (Å²) in [5.74, 6) is 2.82. The van der Waals surface area contributed by atoms with Gasteiger partial charge in [-0.15, -0.1) is 0 Å². The van der Waals surface area contributed by atoms with Crippen LogP contribution in [0.3, 0.4) is 0 Å². The second-order valence-electron chi connectivity index (χ2n) is 4.99. The van der Waals surface area contributed by atoms with Crippen molar-refractivity contribution in [1.82, 2.24) is 15.5 Å². The third-order valence-corrected chi connectivity index (χ3v) is 3.46. The summed E-state index contributed by atoms with van der Waals surface area (Å²) < 4.78 is 16.5. The molecule has 1 aromatic heterocycles. The van der Waals surface area contributed by atoms with Crippen molar-refractivity contribution >= 4 is 0 Å². The number of aryl methyl sites for hydroxylation is 1. The summed E-state index contributed by atoms with van der Waals surface area (Å²) >= 11 is 0. The standard InChI is InChI=1S/C15H19N3O3/c1-3-4-14-17-15(21-18-14)9-19-10-5-6-11-12(16-2)8-20-13(11)7-10/h5-7,12,16H,3-4,8-9H2,1-2H3. The molecule has 112 valence electrons. The van der Waals surface area contributed by atoms with E-state index in [9.17, 15) is 0 Å². The number of aromatic nitrogens is 2. The van der Waals surface area contributed by atoms with Crippen molar-refractivity contribution < 1.29 is 14.0 Å². The number of nitrogens with zero attached hydrogens (tertiary/aromatic N) is 2. The first kappa shape index (κ1) is 13.9. The van der Waals surface area contributed by atoms with Crippen molar-refractivity contribution in [3.63, 3.8) is 0 Å². The largest absolute Gasteiger partial charge is 0.491 e. The highest BCUT2D eigenvalue weighted by atomic mass is 16.5. The van der Waals surface area contributed by atoms with E-state index in [0.29, 0.717) is 12.5 Å². The maximum absolute atomic E-state index is 5.68. The van der Waals surface area contributed by atoms with Gasteiger partial charge < -0.3 is 19.3 Å². The predicted molar refractivity (Wildman–Crippen MR) is 76.4 cm³/mol. The summed E-state index contributed by atoms with van der Waals surface area (Å²) in [5, 5.41) is 7.11. The normalized spacial score (nSPS) is 16.6. The molecule has 0 saturated heterocycles. The average molecular weight is 289 g/mol. The molecular weight excluding hydrogens is 270 g/mol. The number of rotatable bonds is 6. The van der Waals surface area contributed by atoms with Gasteiger partial charge in [0.2, 0.25) is 0 Å². The van der Waals surface area contributed by atoms with Gasteiger partial charge in [-0.05, 0) is 25.6 Å². The molecule has 1 N–H and O–H groups in total. The first-order valence-electron chi connectivity index (χ1n) is 7.18. The molecule has 0 amide bonds. The van der Waals surface area contributed by atoms with E-state index in [4.69, 9.17) is 14.0 Å². The Hall–Kier alpha value is -2.08. The van der Waals surface area contributed by atoms with Crippen LogP contribution in [-0.2, 0) is 13.0 Å². The SMILES string of the molecule is CCCc1noc(COc2ccc3c(c2)OCC3NC)n1. The Kier molecular flexibility index (Phi) is 4.06. The van der Waals surface area contributed by atoms with E-state index in [0.717, 1.165) is 35.7 Å². The second-order valence-corrected chi connectivity index (χ2v) is 4.99. The van der Waals surface area contributed by atoms with Crippen LogP contribution in [0.2, 0.25) is 0 Å². The van der Waals surface area contributed by atoms with Gasteiger partial charge in [0.25, 0.3) is 5.89 Å². The smallest absolute Gasteiger partial charge is 0.264 e. The van der Waals surface area contributed by atoms with Gasteiger partial charge in [0, 0.05) is 18.1 Å². The summed E-state index contributed by atoms with van der Waals surface area (Å²) in [7, 11) is 1.93. The molecule has 1 unspecified atom stereocenters. The number of likely N-dealkylation sites (N-methyl/N-ethyl adjacent to an activating group) is 1. The molecule has 3 rings (SSSR count). The van der Waals surface area contributed by atoms with Crippen LogP contribution in [0.5, 0.6) is 11.5 Å². The average Bonchev–Trinajstić information content (AvgIpc) is 3.11. The van der Waals surface area contributed by atoms with Crippen molar-refractivity contribution in [2.75, 3.05) is 13.7 Å². The highest BCUT2D eigenvalue weighted by molar-refractivity contribution is 5.44. The van der Waals surface area contributed by atoms with Crippen molar-refractivity contribution in [1.29, 1.82) is 0 Å². The minimum absolute atomic E-state index is 0.251. The molecule has 1 aromatic carbocycles. The molecule has 6 heteroatoms. The molecule has 0 saturated carbocycles.